The number of amidine groups is 1. The topological polar surface area (TPSA) is 47.3 Å². The average Bonchev–Trinajstić information content (AvgIpc) is 2.14. The summed E-state index contributed by atoms with van der Waals surface area (Å²) in [5.74, 6) is 0. The van der Waals surface area contributed by atoms with Crippen LogP contribution in [0.25, 0.3) is 0 Å². The molecule has 1 heterocycles. The molecule has 0 aromatic heterocycles. The third-order valence-electron chi connectivity index (χ3n) is 1.44. The van der Waals surface area contributed by atoms with Gasteiger partial charge in [0, 0.05) is 13.1 Å². The highest BCUT2D eigenvalue weighted by Gasteiger charge is 2.20. The van der Waals surface area contributed by atoms with Crippen LogP contribution in [0.3, 0.4) is 0 Å². The lowest BCUT2D eigenvalue weighted by atomic mass is 10.3. The fourth-order valence-corrected chi connectivity index (χ4v) is 1.36. The molecular weight excluding hydrogens is 231 g/mol. The number of halogens is 1. The van der Waals surface area contributed by atoms with Gasteiger partial charge in [0.2, 0.25) is 0 Å². The Morgan fingerprint density at radius 2 is 2.44 bits per heavy atom. The molecule has 0 spiro atoms. The first-order valence-electron chi connectivity index (χ1n) is 2.87. The molecule has 1 fully saturated rings. The van der Waals surface area contributed by atoms with E-state index >= 15 is 0 Å². The van der Waals surface area contributed by atoms with Gasteiger partial charge >= 0.3 is 0 Å². The van der Waals surface area contributed by atoms with Crippen molar-refractivity contribution in [1.82, 2.24) is 4.90 Å². The van der Waals surface area contributed by atoms with Crippen molar-refractivity contribution in [2.75, 3.05) is 13.1 Å². The quantitative estimate of drug-likeness (QED) is 0.279. The van der Waals surface area contributed by atoms with Crippen LogP contribution in [0.5, 0.6) is 0 Å². The van der Waals surface area contributed by atoms with E-state index in [1.807, 2.05) is 27.5 Å². The Kier molecular flexibility index (Phi) is 2.29. The average molecular weight is 240 g/mol. The number of hydrogen-bond acceptors (Lipinski definition) is 2. The molecule has 1 aliphatic rings. The first kappa shape index (κ1) is 7.27. The third-order valence-corrected chi connectivity index (χ3v) is 2.12. The zero-order valence-electron chi connectivity index (χ0n) is 4.97. The predicted octanol–water partition coefficient (Wildman–Crippen LogP) is 0.423. The van der Waals surface area contributed by atoms with E-state index in [1.54, 1.807) is 0 Å². The van der Waals surface area contributed by atoms with Gasteiger partial charge in [0.05, 0.1) is 6.10 Å². The fraction of sp³-hybridized carbons (Fsp3) is 0.800. The zero-order valence-corrected chi connectivity index (χ0v) is 7.13. The summed E-state index contributed by atoms with van der Waals surface area (Å²) < 4.78 is 0.532. The second-order valence-electron chi connectivity index (χ2n) is 2.18. The van der Waals surface area contributed by atoms with Crippen molar-refractivity contribution in [1.29, 1.82) is 5.41 Å². The van der Waals surface area contributed by atoms with Crippen LogP contribution in [0.4, 0.5) is 0 Å². The van der Waals surface area contributed by atoms with Crippen LogP contribution in [0.1, 0.15) is 6.42 Å². The second kappa shape index (κ2) is 2.83. The predicted molar refractivity (Wildman–Crippen MR) is 43.9 cm³/mol. The molecule has 9 heavy (non-hydrogen) atoms. The molecule has 0 amide bonds. The van der Waals surface area contributed by atoms with Crippen LogP contribution in [0.2, 0.25) is 0 Å². The molecule has 1 atom stereocenters. The lowest BCUT2D eigenvalue weighted by molar-refractivity contribution is 0.188. The van der Waals surface area contributed by atoms with Crippen molar-refractivity contribution in [2.45, 2.75) is 12.5 Å². The molecule has 3 nitrogen and oxygen atoms in total. The van der Waals surface area contributed by atoms with Gasteiger partial charge in [0.1, 0.15) is 0 Å². The van der Waals surface area contributed by atoms with E-state index in [1.165, 1.54) is 0 Å². The fourth-order valence-electron chi connectivity index (χ4n) is 0.920. The van der Waals surface area contributed by atoms with Crippen LogP contribution in [0, 0.1) is 5.41 Å². The molecule has 1 rings (SSSR count). The number of rotatable bonds is 0. The van der Waals surface area contributed by atoms with Crippen molar-refractivity contribution in [3.63, 3.8) is 0 Å². The minimum Gasteiger partial charge on any atom is -0.391 e. The van der Waals surface area contributed by atoms with E-state index in [2.05, 4.69) is 0 Å². The molecule has 2 N–H and O–H groups in total. The molecule has 0 unspecified atom stereocenters. The van der Waals surface area contributed by atoms with Gasteiger partial charge in [-0.3, -0.25) is 5.41 Å². The maximum Gasteiger partial charge on any atom is 0.159 e. The lowest BCUT2D eigenvalue weighted by Crippen LogP contribution is -2.24. The Bertz CT molecular complexity index is 128. The number of β-amino-alcohol motifs (C(OH)–C–C–N with tert-alkyl or cyclic N) is 1. The summed E-state index contributed by atoms with van der Waals surface area (Å²) in [5, 5.41) is 16.2. The minimum absolute atomic E-state index is 0.208. The van der Waals surface area contributed by atoms with E-state index < -0.39 is 0 Å². The highest BCUT2D eigenvalue weighted by Crippen LogP contribution is 2.10. The van der Waals surface area contributed by atoms with Crippen LogP contribution < -0.4 is 0 Å². The molecule has 0 aromatic rings. The lowest BCUT2D eigenvalue weighted by Gasteiger charge is -2.12. The Hall–Kier alpha value is 0.160. The molecule has 0 aliphatic carbocycles. The number of likely N-dealkylation sites (tertiary alicyclic amines) is 1. The van der Waals surface area contributed by atoms with Gasteiger partial charge in [-0.25, -0.2) is 0 Å². The Morgan fingerprint density at radius 1 is 1.78 bits per heavy atom. The van der Waals surface area contributed by atoms with E-state index in [4.69, 9.17) is 10.5 Å². The van der Waals surface area contributed by atoms with Gasteiger partial charge in [0.25, 0.3) is 0 Å². The van der Waals surface area contributed by atoms with Crippen molar-refractivity contribution >= 4 is 26.4 Å². The number of nitrogens with one attached hydrogen (secondary N) is 1. The Labute approximate surface area is 67.7 Å². The van der Waals surface area contributed by atoms with Gasteiger partial charge in [-0.1, -0.05) is 0 Å². The van der Waals surface area contributed by atoms with Crippen LogP contribution >= 0.6 is 22.6 Å². The highest BCUT2D eigenvalue weighted by atomic mass is 127. The van der Waals surface area contributed by atoms with E-state index in [0.29, 0.717) is 10.4 Å². The number of aliphatic hydroxyl groups is 1. The molecule has 1 saturated heterocycles. The van der Waals surface area contributed by atoms with Crippen LogP contribution in [-0.2, 0) is 0 Å². The van der Waals surface area contributed by atoms with Crippen molar-refractivity contribution in [3.05, 3.63) is 0 Å². The maximum absolute atomic E-state index is 9.01. The van der Waals surface area contributed by atoms with E-state index in [-0.39, 0.29) is 6.10 Å². The molecule has 0 aromatic carbocycles. The Balaban J connectivity index is 2.39. The largest absolute Gasteiger partial charge is 0.391 e. The van der Waals surface area contributed by atoms with E-state index in [0.717, 1.165) is 13.0 Å². The van der Waals surface area contributed by atoms with Gasteiger partial charge in [-0.2, -0.15) is 0 Å². The monoisotopic (exact) mass is 240 g/mol. The maximum atomic E-state index is 9.01. The van der Waals surface area contributed by atoms with Crippen molar-refractivity contribution in [2.24, 2.45) is 0 Å². The smallest absolute Gasteiger partial charge is 0.159 e. The molecule has 0 bridgehead atoms. The summed E-state index contributed by atoms with van der Waals surface area (Å²) in [6, 6.07) is 0. The summed E-state index contributed by atoms with van der Waals surface area (Å²) >= 11 is 1.95. The summed E-state index contributed by atoms with van der Waals surface area (Å²) in [6.45, 7) is 1.48. The van der Waals surface area contributed by atoms with Gasteiger partial charge in [-0.05, 0) is 29.0 Å². The molecule has 4 heteroatoms. The van der Waals surface area contributed by atoms with Gasteiger partial charge < -0.3 is 10.0 Å². The summed E-state index contributed by atoms with van der Waals surface area (Å²) in [5.41, 5.74) is 0. The number of hydrogen-bond donors (Lipinski definition) is 2. The van der Waals surface area contributed by atoms with Gasteiger partial charge in [-0.15, -0.1) is 0 Å². The third kappa shape index (κ3) is 1.79. The first-order valence-corrected chi connectivity index (χ1v) is 3.95. The van der Waals surface area contributed by atoms with E-state index in [9.17, 15) is 0 Å². The van der Waals surface area contributed by atoms with Gasteiger partial charge in [0.15, 0.2) is 3.84 Å². The molecule has 0 saturated carbocycles. The molecule has 0 radical (unpaired) electrons. The SMILES string of the molecule is N=C(I)N1CC[C@@H](O)C1. The number of aliphatic hydroxyl groups excluding tert-OH is 1. The van der Waals surface area contributed by atoms with Crippen LogP contribution in [-0.4, -0.2) is 33.0 Å². The summed E-state index contributed by atoms with van der Waals surface area (Å²) in [4.78, 5) is 1.87. The molecular formula is C5H9IN2O. The molecule has 52 valence electrons. The van der Waals surface area contributed by atoms with Crippen molar-refractivity contribution < 1.29 is 5.11 Å². The minimum atomic E-state index is -0.208. The summed E-state index contributed by atoms with van der Waals surface area (Å²) in [6.07, 6.45) is 0.603. The highest BCUT2D eigenvalue weighted by molar-refractivity contribution is 14.1. The van der Waals surface area contributed by atoms with Crippen LogP contribution in [0.15, 0.2) is 0 Å². The standard InChI is InChI=1S/C5H9IN2O/c6-5(7)8-2-1-4(9)3-8/h4,7,9H,1-3H2/t4-/m1/s1. The molecule has 1 aliphatic heterocycles. The van der Waals surface area contributed by atoms with Crippen molar-refractivity contribution in [3.8, 4) is 0 Å². The Morgan fingerprint density at radius 3 is 2.67 bits per heavy atom. The number of nitrogens with zero attached hydrogens (tertiary/aromatic N) is 1. The zero-order chi connectivity index (χ0) is 6.85. The summed E-state index contributed by atoms with van der Waals surface area (Å²) in [7, 11) is 0. The normalized spacial score (nSPS) is 26.9. The second-order valence-corrected chi connectivity index (χ2v) is 3.20. The first-order chi connectivity index (χ1) is 4.20.